The minimum Gasteiger partial charge on any atom is -0.330 e. The second kappa shape index (κ2) is 9.20. The number of aromatic nitrogens is 2. The number of hydrogen-bond donors (Lipinski definition) is 1. The molecule has 196 valence electrons. The summed E-state index contributed by atoms with van der Waals surface area (Å²) in [4.78, 5) is 40.6. The van der Waals surface area contributed by atoms with Gasteiger partial charge in [-0.05, 0) is 57.3 Å². The summed E-state index contributed by atoms with van der Waals surface area (Å²) in [5, 5.41) is 3.31. The molecule has 0 radical (unpaired) electrons. The molecule has 1 aromatic carbocycles. The molecule has 8 nitrogen and oxygen atoms in total. The summed E-state index contributed by atoms with van der Waals surface area (Å²) in [6.45, 7) is 0.604. The predicted octanol–water partition coefficient (Wildman–Crippen LogP) is 4.24. The molecular weight excluding hydrogens is 476 g/mol. The Kier molecular flexibility index (Phi) is 5.94. The lowest BCUT2D eigenvalue weighted by atomic mass is 9.69. The van der Waals surface area contributed by atoms with Crippen LogP contribution in [0.2, 0.25) is 0 Å². The van der Waals surface area contributed by atoms with E-state index in [1.54, 1.807) is 22.2 Å². The minimum atomic E-state index is -0.257. The molecule has 3 heterocycles. The quantitative estimate of drug-likeness (QED) is 0.666. The third-order valence-corrected chi connectivity index (χ3v) is 8.90. The molecule has 4 aliphatic rings. The summed E-state index contributed by atoms with van der Waals surface area (Å²) in [7, 11) is 6.12. The monoisotopic (exact) mass is 510 g/mol. The van der Waals surface area contributed by atoms with E-state index in [2.05, 4.69) is 76.8 Å². The van der Waals surface area contributed by atoms with Gasteiger partial charge in [0.25, 0.3) is 0 Å². The van der Waals surface area contributed by atoms with Crippen LogP contribution in [0.5, 0.6) is 0 Å². The highest BCUT2D eigenvalue weighted by Gasteiger charge is 2.50. The standard InChI is InChI=1S/C30H34N6O2/c1-34(2)30(21-9-5-4-6-10-21)15-13-29(14-16-30)20-36(28(38)33-29)22-18-31-27(32-19-22)23-11-7-8-12-25-24(23)17-26(37)35(25)3/h4-7,9-12,18-19H,8,13-17,20H2,1-3H3,(H,33,38)/t29-,30+. The average Bonchev–Trinajstić information content (AvgIpc) is 3.30. The number of nitrogens with one attached hydrogen (secondary N) is 1. The fraction of sp³-hybridized carbons (Fsp3) is 0.400. The van der Waals surface area contributed by atoms with Gasteiger partial charge in [-0.25, -0.2) is 14.8 Å². The second-order valence-corrected chi connectivity index (χ2v) is 11.1. The number of carbonyl (C=O) groups excluding carboxylic acids is 2. The van der Waals surface area contributed by atoms with Crippen LogP contribution in [0.15, 0.2) is 72.2 Å². The van der Waals surface area contributed by atoms with Gasteiger partial charge in [0.1, 0.15) is 0 Å². The van der Waals surface area contributed by atoms with Crippen molar-refractivity contribution in [2.75, 3.05) is 32.6 Å². The first kappa shape index (κ1) is 24.6. The van der Waals surface area contributed by atoms with Crippen LogP contribution in [-0.2, 0) is 10.3 Å². The van der Waals surface area contributed by atoms with Crippen molar-refractivity contribution in [3.8, 4) is 0 Å². The maximum Gasteiger partial charge on any atom is 0.322 e. The van der Waals surface area contributed by atoms with Crippen molar-refractivity contribution in [3.63, 3.8) is 0 Å². The number of anilines is 1. The molecule has 2 aliphatic carbocycles. The lowest BCUT2D eigenvalue weighted by molar-refractivity contribution is -0.125. The van der Waals surface area contributed by atoms with Crippen molar-refractivity contribution in [2.45, 2.75) is 49.6 Å². The van der Waals surface area contributed by atoms with Gasteiger partial charge in [0, 0.05) is 23.9 Å². The van der Waals surface area contributed by atoms with E-state index >= 15 is 0 Å². The lowest BCUT2D eigenvalue weighted by Crippen LogP contribution is -2.54. The van der Waals surface area contributed by atoms with Gasteiger partial charge < -0.3 is 10.2 Å². The van der Waals surface area contributed by atoms with Crippen molar-refractivity contribution in [1.29, 1.82) is 0 Å². The highest BCUT2D eigenvalue weighted by molar-refractivity contribution is 5.95. The Bertz CT molecular complexity index is 1350. The van der Waals surface area contributed by atoms with Gasteiger partial charge in [-0.2, -0.15) is 0 Å². The lowest BCUT2D eigenvalue weighted by Gasteiger charge is -2.48. The molecule has 2 aromatic rings. The van der Waals surface area contributed by atoms with Crippen LogP contribution in [0, 0.1) is 0 Å². The number of carbonyl (C=O) groups is 2. The molecule has 0 bridgehead atoms. The first-order chi connectivity index (χ1) is 18.3. The van der Waals surface area contributed by atoms with Crippen molar-refractivity contribution in [3.05, 3.63) is 83.6 Å². The number of likely N-dealkylation sites (tertiary alicyclic amines) is 1. The Morgan fingerprint density at radius 3 is 2.39 bits per heavy atom. The SMILES string of the molecule is CN1C(=O)CC2=C(c3ncc(N4C[C@]5(CC[C@](c6ccccc6)(N(C)C)CC5)NC4=O)cn3)C=CCC=C21. The summed E-state index contributed by atoms with van der Waals surface area (Å²) in [5.74, 6) is 0.647. The summed E-state index contributed by atoms with van der Waals surface area (Å²) in [6.07, 6.45) is 14.4. The zero-order chi connectivity index (χ0) is 26.5. The van der Waals surface area contributed by atoms with E-state index < -0.39 is 0 Å². The fourth-order valence-electron chi connectivity index (χ4n) is 6.55. The van der Waals surface area contributed by atoms with Crippen LogP contribution in [0.4, 0.5) is 10.5 Å². The highest BCUT2D eigenvalue weighted by atomic mass is 16.2. The van der Waals surface area contributed by atoms with Crippen molar-refractivity contribution < 1.29 is 9.59 Å². The fourth-order valence-corrected chi connectivity index (χ4v) is 6.55. The van der Waals surface area contributed by atoms with Crippen molar-refractivity contribution in [1.82, 2.24) is 25.1 Å². The molecule has 3 amide bonds. The number of rotatable bonds is 4. The van der Waals surface area contributed by atoms with E-state index in [1.165, 1.54) is 5.56 Å². The Hall–Kier alpha value is -3.78. The molecule has 3 fully saturated rings. The summed E-state index contributed by atoms with van der Waals surface area (Å²) in [6, 6.07) is 10.6. The number of urea groups is 1. The van der Waals surface area contributed by atoms with Gasteiger partial charge in [-0.15, -0.1) is 0 Å². The Morgan fingerprint density at radius 1 is 1.00 bits per heavy atom. The van der Waals surface area contributed by atoms with Gasteiger partial charge in [0.15, 0.2) is 5.82 Å². The molecule has 8 heteroatoms. The molecule has 6 rings (SSSR count). The van der Waals surface area contributed by atoms with Crippen molar-refractivity contribution in [2.24, 2.45) is 0 Å². The highest BCUT2D eigenvalue weighted by Crippen LogP contribution is 2.46. The molecule has 0 atom stereocenters. The summed E-state index contributed by atoms with van der Waals surface area (Å²) < 4.78 is 0. The minimum absolute atomic E-state index is 0.0282. The van der Waals surface area contributed by atoms with E-state index in [-0.39, 0.29) is 23.0 Å². The molecule has 38 heavy (non-hydrogen) atoms. The molecule has 0 unspecified atom stereocenters. The smallest absolute Gasteiger partial charge is 0.322 e. The number of hydrogen-bond acceptors (Lipinski definition) is 5. The largest absolute Gasteiger partial charge is 0.330 e. The molecule has 1 saturated carbocycles. The summed E-state index contributed by atoms with van der Waals surface area (Å²) >= 11 is 0. The molecule has 1 spiro atoms. The van der Waals surface area contributed by atoms with Gasteiger partial charge >= 0.3 is 6.03 Å². The van der Waals surface area contributed by atoms with E-state index in [0.29, 0.717) is 24.5 Å². The van der Waals surface area contributed by atoms with Gasteiger partial charge in [-0.3, -0.25) is 14.6 Å². The number of amides is 3. The number of nitrogens with zero attached hydrogens (tertiary/aromatic N) is 5. The second-order valence-electron chi connectivity index (χ2n) is 11.1. The molecule has 2 saturated heterocycles. The first-order valence-electron chi connectivity index (χ1n) is 13.3. The average molecular weight is 511 g/mol. The zero-order valence-corrected chi connectivity index (χ0v) is 22.3. The molecular formula is C30H34N6O2. The van der Waals surface area contributed by atoms with Gasteiger partial charge in [-0.1, -0.05) is 48.6 Å². The van der Waals surface area contributed by atoms with Gasteiger partial charge in [0.2, 0.25) is 5.91 Å². The third kappa shape index (κ3) is 3.95. The van der Waals surface area contributed by atoms with Crippen LogP contribution in [0.3, 0.4) is 0 Å². The molecule has 2 aliphatic heterocycles. The van der Waals surface area contributed by atoms with E-state index in [4.69, 9.17) is 0 Å². The summed E-state index contributed by atoms with van der Waals surface area (Å²) in [5.41, 5.74) is 4.50. The number of allylic oxidation sites excluding steroid dienone is 5. The molecule has 1 N–H and O–H groups in total. The topological polar surface area (TPSA) is 81.7 Å². The maximum atomic E-state index is 13.1. The van der Waals surface area contributed by atoms with Crippen LogP contribution in [0.1, 0.15) is 49.9 Å². The van der Waals surface area contributed by atoms with Crippen LogP contribution < -0.4 is 10.2 Å². The maximum absolute atomic E-state index is 13.1. The number of likely N-dealkylation sites (N-methyl/N-ethyl adjacent to an activating group) is 1. The number of fused-ring (bicyclic) bond motifs is 1. The van der Waals surface area contributed by atoms with Gasteiger partial charge in [0.05, 0.1) is 36.6 Å². The normalized spacial score (nSPS) is 27.2. The third-order valence-electron chi connectivity index (χ3n) is 8.90. The predicted molar refractivity (Wildman–Crippen MR) is 147 cm³/mol. The Labute approximate surface area is 223 Å². The van der Waals surface area contributed by atoms with Crippen LogP contribution >= 0.6 is 0 Å². The zero-order valence-electron chi connectivity index (χ0n) is 22.3. The van der Waals surface area contributed by atoms with Crippen molar-refractivity contribution >= 4 is 23.2 Å². The van der Waals surface area contributed by atoms with E-state index in [9.17, 15) is 9.59 Å². The van der Waals surface area contributed by atoms with Crippen LogP contribution in [-0.4, -0.2) is 64.9 Å². The van der Waals surface area contributed by atoms with Crippen LogP contribution in [0.25, 0.3) is 5.57 Å². The number of benzene rings is 1. The molecule has 1 aromatic heterocycles. The Balaban J connectivity index is 1.21. The van der Waals surface area contributed by atoms with E-state index in [0.717, 1.165) is 48.9 Å². The first-order valence-corrected chi connectivity index (χ1v) is 13.3. The Morgan fingerprint density at radius 2 is 1.71 bits per heavy atom. The van der Waals surface area contributed by atoms with E-state index in [1.807, 2.05) is 13.1 Å².